The Morgan fingerprint density at radius 3 is 2.44 bits per heavy atom. The molecule has 12 heteroatoms. The number of anilines is 1. The first-order valence-electron chi connectivity index (χ1n) is 9.95. The SMILES string of the molecule is COCCOc1ccc(C(F)(F)F)cc1NC(=O)CN1C(=O)C(=O)N(C2CCCC2)C1=O. The molecule has 3 rings (SSSR count). The number of methoxy groups -OCH3 is 1. The molecule has 5 amide bonds. The highest BCUT2D eigenvalue weighted by molar-refractivity contribution is 6.45. The lowest BCUT2D eigenvalue weighted by Gasteiger charge is -2.21. The number of halogens is 3. The van der Waals surface area contributed by atoms with Crippen LogP contribution in [0.1, 0.15) is 31.2 Å². The van der Waals surface area contributed by atoms with Gasteiger partial charge in [0, 0.05) is 13.2 Å². The number of carbonyl (C=O) groups is 4. The maximum Gasteiger partial charge on any atom is 0.416 e. The lowest BCUT2D eigenvalue weighted by atomic mass is 10.1. The normalized spacial score (nSPS) is 17.4. The summed E-state index contributed by atoms with van der Waals surface area (Å²) in [7, 11) is 1.42. The van der Waals surface area contributed by atoms with Gasteiger partial charge in [0.1, 0.15) is 18.9 Å². The molecule has 1 aliphatic carbocycles. The summed E-state index contributed by atoms with van der Waals surface area (Å²) in [6.45, 7) is -0.649. The number of amides is 5. The molecule has 0 bridgehead atoms. The van der Waals surface area contributed by atoms with Gasteiger partial charge in [-0.2, -0.15) is 13.2 Å². The lowest BCUT2D eigenvalue weighted by molar-refractivity contribution is -0.144. The van der Waals surface area contributed by atoms with Crippen molar-refractivity contribution < 1.29 is 41.8 Å². The van der Waals surface area contributed by atoms with E-state index in [9.17, 15) is 32.3 Å². The Bertz CT molecular complexity index is 914. The smallest absolute Gasteiger partial charge is 0.416 e. The molecular formula is C20H22F3N3O6. The number of nitrogens with one attached hydrogen (secondary N) is 1. The van der Waals surface area contributed by atoms with Gasteiger partial charge in [0.15, 0.2) is 0 Å². The Labute approximate surface area is 181 Å². The number of nitrogens with zero attached hydrogens (tertiary/aromatic N) is 2. The molecule has 0 unspecified atom stereocenters. The fourth-order valence-electron chi connectivity index (χ4n) is 3.64. The van der Waals surface area contributed by atoms with E-state index in [4.69, 9.17) is 9.47 Å². The van der Waals surface area contributed by atoms with Crippen molar-refractivity contribution in [3.63, 3.8) is 0 Å². The fraction of sp³-hybridized carbons (Fsp3) is 0.500. The largest absolute Gasteiger partial charge is 0.489 e. The first-order chi connectivity index (χ1) is 15.1. The van der Waals surface area contributed by atoms with Crippen LogP contribution in [0, 0.1) is 0 Å². The van der Waals surface area contributed by atoms with Crippen molar-refractivity contribution in [3.8, 4) is 5.75 Å². The maximum atomic E-state index is 13.1. The number of rotatable bonds is 8. The van der Waals surface area contributed by atoms with Crippen molar-refractivity contribution in [1.82, 2.24) is 9.80 Å². The molecule has 1 heterocycles. The number of imide groups is 2. The standard InChI is InChI=1S/C20H22F3N3O6/c1-31-8-9-32-15-7-6-12(20(21,22)23)10-14(15)24-16(27)11-25-17(28)18(29)26(19(25)30)13-4-2-3-5-13/h6-7,10,13H,2-5,8-9,11H2,1H3,(H,24,27). The van der Waals surface area contributed by atoms with E-state index in [-0.39, 0.29) is 24.7 Å². The van der Waals surface area contributed by atoms with Gasteiger partial charge in [-0.15, -0.1) is 0 Å². The van der Waals surface area contributed by atoms with Gasteiger partial charge in [-0.25, -0.2) is 9.69 Å². The average Bonchev–Trinajstić information content (AvgIpc) is 3.32. The minimum absolute atomic E-state index is 0.0126. The van der Waals surface area contributed by atoms with Crippen LogP contribution in [0.15, 0.2) is 18.2 Å². The van der Waals surface area contributed by atoms with E-state index < -0.39 is 48.1 Å². The molecule has 2 fully saturated rings. The fourth-order valence-corrected chi connectivity index (χ4v) is 3.64. The molecular weight excluding hydrogens is 435 g/mol. The topological polar surface area (TPSA) is 105 Å². The number of alkyl halides is 3. The molecule has 1 aromatic carbocycles. The summed E-state index contributed by atoms with van der Waals surface area (Å²) >= 11 is 0. The van der Waals surface area contributed by atoms with Crippen LogP contribution in [0.3, 0.4) is 0 Å². The molecule has 1 saturated carbocycles. The predicted octanol–water partition coefficient (Wildman–Crippen LogP) is 2.40. The zero-order valence-electron chi connectivity index (χ0n) is 17.2. The number of hydrogen-bond donors (Lipinski definition) is 1. The van der Waals surface area contributed by atoms with Gasteiger partial charge in [0.25, 0.3) is 0 Å². The minimum Gasteiger partial charge on any atom is -0.489 e. The maximum absolute atomic E-state index is 13.1. The molecule has 0 aromatic heterocycles. The van der Waals surface area contributed by atoms with E-state index in [0.29, 0.717) is 23.8 Å². The predicted molar refractivity (Wildman–Crippen MR) is 104 cm³/mol. The third-order valence-corrected chi connectivity index (χ3v) is 5.20. The highest BCUT2D eigenvalue weighted by Gasteiger charge is 2.48. The second-order valence-electron chi connectivity index (χ2n) is 7.39. The Kier molecular flexibility index (Phi) is 7.02. The molecule has 2 aliphatic rings. The summed E-state index contributed by atoms with van der Waals surface area (Å²) in [4.78, 5) is 50.9. The van der Waals surface area contributed by atoms with Crippen molar-refractivity contribution in [2.45, 2.75) is 37.9 Å². The molecule has 0 spiro atoms. The van der Waals surface area contributed by atoms with Crippen LogP contribution in [0.5, 0.6) is 5.75 Å². The van der Waals surface area contributed by atoms with Crippen molar-refractivity contribution in [3.05, 3.63) is 23.8 Å². The average molecular weight is 457 g/mol. The molecule has 1 aromatic rings. The summed E-state index contributed by atoms with van der Waals surface area (Å²) < 4.78 is 49.5. The number of carbonyl (C=O) groups excluding carboxylic acids is 4. The molecule has 9 nitrogen and oxygen atoms in total. The zero-order chi connectivity index (χ0) is 23.5. The molecule has 32 heavy (non-hydrogen) atoms. The van der Waals surface area contributed by atoms with E-state index in [2.05, 4.69) is 5.32 Å². The third kappa shape index (κ3) is 5.01. The highest BCUT2D eigenvalue weighted by atomic mass is 19.4. The summed E-state index contributed by atoms with van der Waals surface area (Å²) in [5, 5.41) is 2.24. The molecule has 174 valence electrons. The van der Waals surface area contributed by atoms with Crippen molar-refractivity contribution in [2.75, 3.05) is 32.2 Å². The van der Waals surface area contributed by atoms with Crippen LogP contribution in [-0.4, -0.2) is 66.5 Å². The van der Waals surface area contributed by atoms with Gasteiger partial charge in [0.05, 0.1) is 17.9 Å². The first-order valence-corrected chi connectivity index (χ1v) is 9.95. The molecule has 0 atom stereocenters. The molecule has 0 radical (unpaired) electrons. The van der Waals surface area contributed by atoms with Gasteiger partial charge in [-0.1, -0.05) is 12.8 Å². The monoisotopic (exact) mass is 457 g/mol. The van der Waals surface area contributed by atoms with Crippen LogP contribution < -0.4 is 10.1 Å². The zero-order valence-corrected chi connectivity index (χ0v) is 17.2. The van der Waals surface area contributed by atoms with Gasteiger partial charge in [0.2, 0.25) is 5.91 Å². The quantitative estimate of drug-likeness (QED) is 0.365. The van der Waals surface area contributed by atoms with Crippen molar-refractivity contribution in [2.24, 2.45) is 0 Å². The van der Waals surface area contributed by atoms with E-state index in [1.165, 1.54) is 7.11 Å². The Balaban J connectivity index is 1.75. The Morgan fingerprint density at radius 2 is 1.81 bits per heavy atom. The van der Waals surface area contributed by atoms with Crippen LogP contribution in [-0.2, 0) is 25.3 Å². The van der Waals surface area contributed by atoms with Crippen LogP contribution in [0.25, 0.3) is 0 Å². The van der Waals surface area contributed by atoms with E-state index >= 15 is 0 Å². The summed E-state index contributed by atoms with van der Waals surface area (Å²) in [6.07, 6.45) is -1.87. The Hall–Kier alpha value is -3.15. The highest BCUT2D eigenvalue weighted by Crippen LogP contribution is 2.35. The van der Waals surface area contributed by atoms with E-state index in [1.807, 2.05) is 0 Å². The van der Waals surface area contributed by atoms with E-state index in [0.717, 1.165) is 29.9 Å². The van der Waals surface area contributed by atoms with Crippen molar-refractivity contribution in [1.29, 1.82) is 0 Å². The first kappa shape index (κ1) is 23.5. The minimum atomic E-state index is -4.67. The second-order valence-corrected chi connectivity index (χ2v) is 7.39. The van der Waals surface area contributed by atoms with Crippen LogP contribution >= 0.6 is 0 Å². The Morgan fingerprint density at radius 1 is 1.12 bits per heavy atom. The molecule has 1 aliphatic heterocycles. The number of ether oxygens (including phenoxy) is 2. The second kappa shape index (κ2) is 9.55. The summed E-state index contributed by atoms with van der Waals surface area (Å²) in [5.41, 5.74) is -1.32. The van der Waals surface area contributed by atoms with Gasteiger partial charge >= 0.3 is 24.0 Å². The number of urea groups is 1. The lowest BCUT2D eigenvalue weighted by Crippen LogP contribution is -2.41. The summed E-state index contributed by atoms with van der Waals surface area (Å²) in [6, 6.07) is 1.23. The van der Waals surface area contributed by atoms with Crippen LogP contribution in [0.2, 0.25) is 0 Å². The van der Waals surface area contributed by atoms with Gasteiger partial charge < -0.3 is 14.8 Å². The van der Waals surface area contributed by atoms with Crippen LogP contribution in [0.4, 0.5) is 23.7 Å². The van der Waals surface area contributed by atoms with Gasteiger partial charge in [-0.3, -0.25) is 19.3 Å². The third-order valence-electron chi connectivity index (χ3n) is 5.20. The van der Waals surface area contributed by atoms with E-state index in [1.54, 1.807) is 0 Å². The molecule has 1 N–H and O–H groups in total. The molecule has 1 saturated heterocycles. The van der Waals surface area contributed by atoms with Crippen molar-refractivity contribution >= 4 is 29.4 Å². The number of benzene rings is 1. The van der Waals surface area contributed by atoms with Gasteiger partial charge in [-0.05, 0) is 31.0 Å². The summed E-state index contributed by atoms with van der Waals surface area (Å²) in [5.74, 6) is -3.15. The number of hydrogen-bond acceptors (Lipinski definition) is 6.